The smallest absolute Gasteiger partial charge is 0.328 e. The number of hydrogen-bond acceptors (Lipinski definition) is 3. The van der Waals surface area contributed by atoms with E-state index < -0.39 is 24.1 Å². The highest BCUT2D eigenvalue weighted by molar-refractivity contribution is 5.92. The summed E-state index contributed by atoms with van der Waals surface area (Å²) in [4.78, 5) is 22.4. The average molecular weight is 266 g/mol. The van der Waals surface area contributed by atoms with Crippen LogP contribution in [-0.2, 0) is 11.2 Å². The van der Waals surface area contributed by atoms with E-state index in [0.29, 0.717) is 5.69 Å². The van der Waals surface area contributed by atoms with Crippen LogP contribution in [0.2, 0.25) is 0 Å². The number of aliphatic hydroxyl groups is 1. The van der Waals surface area contributed by atoms with E-state index in [2.05, 4.69) is 10.6 Å². The lowest BCUT2D eigenvalue weighted by atomic mass is 10.1. The summed E-state index contributed by atoms with van der Waals surface area (Å²) >= 11 is 0. The molecule has 6 heteroatoms. The van der Waals surface area contributed by atoms with Gasteiger partial charge in [-0.3, -0.25) is 0 Å². The van der Waals surface area contributed by atoms with Crippen molar-refractivity contribution in [3.05, 3.63) is 29.8 Å². The molecule has 2 amide bonds. The van der Waals surface area contributed by atoms with E-state index >= 15 is 0 Å². The second-order valence-corrected chi connectivity index (χ2v) is 4.21. The number of carbonyl (C=O) groups is 2. The van der Waals surface area contributed by atoms with Gasteiger partial charge in [0.25, 0.3) is 0 Å². The van der Waals surface area contributed by atoms with Crippen LogP contribution in [0.25, 0.3) is 0 Å². The summed E-state index contributed by atoms with van der Waals surface area (Å²) in [5.74, 6) is -1.29. The Morgan fingerprint density at radius 2 is 1.84 bits per heavy atom. The third-order valence-corrected chi connectivity index (χ3v) is 2.66. The van der Waals surface area contributed by atoms with Crippen molar-refractivity contribution in [3.8, 4) is 0 Å². The first-order chi connectivity index (χ1) is 8.93. The predicted molar refractivity (Wildman–Crippen MR) is 71.1 cm³/mol. The number of urea groups is 1. The van der Waals surface area contributed by atoms with Gasteiger partial charge in [0.05, 0.1) is 6.10 Å². The van der Waals surface area contributed by atoms with Crippen molar-refractivity contribution >= 4 is 17.7 Å². The molecule has 0 spiro atoms. The molecular weight excluding hydrogens is 248 g/mol. The first kappa shape index (κ1) is 15.0. The minimum atomic E-state index is -1.34. The van der Waals surface area contributed by atoms with Crippen LogP contribution in [-0.4, -0.2) is 34.4 Å². The van der Waals surface area contributed by atoms with Crippen molar-refractivity contribution in [1.82, 2.24) is 5.32 Å². The third-order valence-electron chi connectivity index (χ3n) is 2.66. The zero-order valence-electron chi connectivity index (χ0n) is 10.9. The number of hydrogen-bond donors (Lipinski definition) is 4. The van der Waals surface area contributed by atoms with Crippen molar-refractivity contribution in [2.45, 2.75) is 32.4 Å². The second kappa shape index (κ2) is 6.75. The van der Waals surface area contributed by atoms with E-state index in [4.69, 9.17) is 5.11 Å². The number of rotatable bonds is 5. The molecule has 0 aliphatic carbocycles. The maximum atomic E-state index is 11.6. The van der Waals surface area contributed by atoms with Gasteiger partial charge in [0.1, 0.15) is 0 Å². The van der Waals surface area contributed by atoms with Crippen LogP contribution >= 0.6 is 0 Å². The van der Waals surface area contributed by atoms with Crippen LogP contribution in [0.5, 0.6) is 0 Å². The number of amides is 2. The number of carbonyl (C=O) groups excluding carboxylic acids is 1. The number of carboxylic acid groups (broad SMARTS) is 1. The van der Waals surface area contributed by atoms with Crippen molar-refractivity contribution in [1.29, 1.82) is 0 Å². The highest BCUT2D eigenvalue weighted by Gasteiger charge is 2.24. The molecule has 4 N–H and O–H groups in total. The first-order valence-corrected chi connectivity index (χ1v) is 6.01. The lowest BCUT2D eigenvalue weighted by Crippen LogP contribution is -2.49. The Morgan fingerprint density at radius 3 is 2.26 bits per heavy atom. The molecule has 0 bridgehead atoms. The quantitative estimate of drug-likeness (QED) is 0.643. The van der Waals surface area contributed by atoms with E-state index in [9.17, 15) is 14.7 Å². The molecule has 0 heterocycles. The van der Waals surface area contributed by atoms with E-state index in [1.54, 1.807) is 12.1 Å². The molecule has 104 valence electrons. The number of benzene rings is 1. The van der Waals surface area contributed by atoms with Gasteiger partial charge in [-0.25, -0.2) is 9.59 Å². The summed E-state index contributed by atoms with van der Waals surface area (Å²) in [5, 5.41) is 22.8. The number of aliphatic carboxylic acids is 1. The summed E-state index contributed by atoms with van der Waals surface area (Å²) in [6.45, 7) is 3.32. The van der Waals surface area contributed by atoms with Gasteiger partial charge in [0.15, 0.2) is 6.04 Å². The second-order valence-electron chi connectivity index (χ2n) is 4.21. The van der Waals surface area contributed by atoms with E-state index in [0.717, 1.165) is 12.0 Å². The minimum absolute atomic E-state index is 0.560. The maximum absolute atomic E-state index is 11.6. The lowest BCUT2D eigenvalue weighted by molar-refractivity contribution is -0.141. The first-order valence-electron chi connectivity index (χ1n) is 6.01. The number of aliphatic hydroxyl groups excluding tert-OH is 1. The van der Waals surface area contributed by atoms with Crippen LogP contribution in [0.4, 0.5) is 10.5 Å². The van der Waals surface area contributed by atoms with E-state index in [1.807, 2.05) is 19.1 Å². The Hall–Kier alpha value is -2.08. The molecule has 2 atom stereocenters. The van der Waals surface area contributed by atoms with Crippen molar-refractivity contribution in [2.24, 2.45) is 0 Å². The fourth-order valence-electron chi connectivity index (χ4n) is 1.52. The topological polar surface area (TPSA) is 98.7 Å². The normalized spacial score (nSPS) is 13.4. The molecule has 0 unspecified atom stereocenters. The molecule has 1 aromatic carbocycles. The number of carboxylic acids is 1. The molecule has 0 fully saturated rings. The van der Waals surface area contributed by atoms with Gasteiger partial charge < -0.3 is 20.8 Å². The maximum Gasteiger partial charge on any atom is 0.328 e. The summed E-state index contributed by atoms with van der Waals surface area (Å²) < 4.78 is 0. The van der Waals surface area contributed by atoms with Crippen molar-refractivity contribution in [2.75, 3.05) is 5.32 Å². The Labute approximate surface area is 111 Å². The standard InChI is InChI=1S/C13H18N2O4/c1-3-9-4-6-10(7-5-9)14-13(19)15-11(8(2)16)12(17)18/h4-8,11,16H,3H2,1-2H3,(H,17,18)(H2,14,15,19)/t8-,11+/m1/s1. The Bertz CT molecular complexity index is 442. The van der Waals surface area contributed by atoms with Gasteiger partial charge in [-0.05, 0) is 31.0 Å². The molecule has 0 aliphatic rings. The van der Waals surface area contributed by atoms with Gasteiger partial charge in [-0.2, -0.15) is 0 Å². The Morgan fingerprint density at radius 1 is 1.26 bits per heavy atom. The number of anilines is 1. The molecular formula is C13H18N2O4. The molecule has 0 radical (unpaired) electrons. The van der Waals surface area contributed by atoms with Crippen molar-refractivity contribution in [3.63, 3.8) is 0 Å². The van der Waals surface area contributed by atoms with Gasteiger partial charge in [0.2, 0.25) is 0 Å². The molecule has 6 nitrogen and oxygen atoms in total. The Balaban J connectivity index is 2.61. The molecule has 1 aromatic rings. The van der Waals surface area contributed by atoms with Crippen LogP contribution in [0.3, 0.4) is 0 Å². The Kier molecular flexibility index (Phi) is 5.32. The predicted octanol–water partition coefficient (Wildman–Crippen LogP) is 1.20. The summed E-state index contributed by atoms with van der Waals surface area (Å²) in [5.41, 5.74) is 1.70. The van der Waals surface area contributed by atoms with E-state index in [-0.39, 0.29) is 0 Å². The van der Waals surface area contributed by atoms with Crippen molar-refractivity contribution < 1.29 is 19.8 Å². The van der Waals surface area contributed by atoms with Crippen LogP contribution < -0.4 is 10.6 Å². The molecule has 0 aromatic heterocycles. The molecule has 0 saturated heterocycles. The highest BCUT2D eigenvalue weighted by atomic mass is 16.4. The fraction of sp³-hybridized carbons (Fsp3) is 0.385. The number of nitrogens with one attached hydrogen (secondary N) is 2. The fourth-order valence-corrected chi connectivity index (χ4v) is 1.52. The minimum Gasteiger partial charge on any atom is -0.480 e. The largest absolute Gasteiger partial charge is 0.480 e. The molecule has 0 aliphatic heterocycles. The SMILES string of the molecule is CCc1ccc(NC(=O)N[C@H](C(=O)O)[C@@H](C)O)cc1. The molecule has 0 saturated carbocycles. The summed E-state index contributed by atoms with van der Waals surface area (Å²) in [7, 11) is 0. The average Bonchev–Trinajstić information content (AvgIpc) is 2.36. The van der Waals surface area contributed by atoms with Gasteiger partial charge in [-0.1, -0.05) is 19.1 Å². The lowest BCUT2D eigenvalue weighted by Gasteiger charge is -2.17. The van der Waals surface area contributed by atoms with E-state index in [1.165, 1.54) is 6.92 Å². The molecule has 1 rings (SSSR count). The highest BCUT2D eigenvalue weighted by Crippen LogP contribution is 2.09. The zero-order valence-corrected chi connectivity index (χ0v) is 10.9. The third kappa shape index (κ3) is 4.59. The van der Waals surface area contributed by atoms with Crippen LogP contribution in [0.1, 0.15) is 19.4 Å². The number of aryl methyl sites for hydroxylation is 1. The van der Waals surface area contributed by atoms with Gasteiger partial charge in [0, 0.05) is 5.69 Å². The summed E-state index contributed by atoms with van der Waals surface area (Å²) in [6.07, 6.45) is -0.277. The van der Waals surface area contributed by atoms with Crippen LogP contribution in [0.15, 0.2) is 24.3 Å². The van der Waals surface area contributed by atoms with Gasteiger partial charge >= 0.3 is 12.0 Å². The van der Waals surface area contributed by atoms with Gasteiger partial charge in [-0.15, -0.1) is 0 Å². The monoisotopic (exact) mass is 266 g/mol. The zero-order chi connectivity index (χ0) is 14.4. The summed E-state index contributed by atoms with van der Waals surface area (Å²) in [6, 6.07) is 5.21. The molecule has 19 heavy (non-hydrogen) atoms. The van der Waals surface area contributed by atoms with Crippen LogP contribution in [0, 0.1) is 0 Å².